The summed E-state index contributed by atoms with van der Waals surface area (Å²) in [5.74, 6) is -0.0168. The standard InChI is InChI=1S/C12H18FN/c1-4-5-6-10-7-8-11(13)12(14-10)9(2)3/h7-9H,4-6H2,1-3H3. The molecule has 0 amide bonds. The van der Waals surface area contributed by atoms with Gasteiger partial charge in [0.2, 0.25) is 0 Å². The first-order valence-corrected chi connectivity index (χ1v) is 5.30. The van der Waals surface area contributed by atoms with Gasteiger partial charge in [-0.1, -0.05) is 27.2 Å². The third-order valence-electron chi connectivity index (χ3n) is 2.26. The van der Waals surface area contributed by atoms with Crippen molar-refractivity contribution >= 4 is 0 Å². The molecule has 0 aliphatic rings. The monoisotopic (exact) mass is 195 g/mol. The van der Waals surface area contributed by atoms with E-state index in [1.807, 2.05) is 13.8 Å². The van der Waals surface area contributed by atoms with Gasteiger partial charge in [0.15, 0.2) is 0 Å². The molecule has 1 aromatic heterocycles. The first-order chi connectivity index (χ1) is 6.65. The predicted octanol–water partition coefficient (Wildman–Crippen LogP) is 3.69. The molecule has 2 heteroatoms. The summed E-state index contributed by atoms with van der Waals surface area (Å²) in [5.41, 5.74) is 1.61. The number of rotatable bonds is 4. The van der Waals surface area contributed by atoms with Crippen LogP contribution in [-0.4, -0.2) is 4.98 Å². The molecular formula is C12H18FN. The highest BCUT2D eigenvalue weighted by Gasteiger charge is 2.08. The second-order valence-corrected chi connectivity index (χ2v) is 3.93. The van der Waals surface area contributed by atoms with Gasteiger partial charge in [0, 0.05) is 5.69 Å². The molecule has 0 fully saturated rings. The number of halogens is 1. The summed E-state index contributed by atoms with van der Waals surface area (Å²) in [6.07, 6.45) is 3.22. The van der Waals surface area contributed by atoms with E-state index in [1.165, 1.54) is 6.07 Å². The van der Waals surface area contributed by atoms with Gasteiger partial charge in [-0.05, 0) is 30.9 Å². The third-order valence-corrected chi connectivity index (χ3v) is 2.26. The normalized spacial score (nSPS) is 10.9. The molecule has 14 heavy (non-hydrogen) atoms. The smallest absolute Gasteiger partial charge is 0.144 e. The van der Waals surface area contributed by atoms with Crippen LogP contribution in [0.5, 0.6) is 0 Å². The summed E-state index contributed by atoms with van der Waals surface area (Å²) in [5, 5.41) is 0. The fraction of sp³-hybridized carbons (Fsp3) is 0.583. The lowest BCUT2D eigenvalue weighted by Gasteiger charge is -2.08. The van der Waals surface area contributed by atoms with Gasteiger partial charge in [0.25, 0.3) is 0 Å². The molecule has 0 N–H and O–H groups in total. The summed E-state index contributed by atoms with van der Waals surface area (Å²) in [4.78, 5) is 4.33. The van der Waals surface area contributed by atoms with Crippen LogP contribution in [0.15, 0.2) is 12.1 Å². The zero-order valence-corrected chi connectivity index (χ0v) is 9.18. The third kappa shape index (κ3) is 2.79. The van der Waals surface area contributed by atoms with E-state index in [1.54, 1.807) is 6.07 Å². The molecule has 0 spiro atoms. The zero-order chi connectivity index (χ0) is 10.6. The number of hydrogen-bond donors (Lipinski definition) is 0. The van der Waals surface area contributed by atoms with Crippen LogP contribution in [0, 0.1) is 5.82 Å². The Labute approximate surface area is 85.4 Å². The maximum absolute atomic E-state index is 13.3. The van der Waals surface area contributed by atoms with Crippen molar-refractivity contribution < 1.29 is 4.39 Å². The highest BCUT2D eigenvalue weighted by molar-refractivity contribution is 5.16. The minimum Gasteiger partial charge on any atom is -0.255 e. The maximum atomic E-state index is 13.3. The zero-order valence-electron chi connectivity index (χ0n) is 9.18. The largest absolute Gasteiger partial charge is 0.255 e. The maximum Gasteiger partial charge on any atom is 0.144 e. The van der Waals surface area contributed by atoms with Crippen molar-refractivity contribution in [2.24, 2.45) is 0 Å². The first kappa shape index (κ1) is 11.2. The van der Waals surface area contributed by atoms with E-state index in [4.69, 9.17) is 0 Å². The molecular weight excluding hydrogens is 177 g/mol. The fourth-order valence-corrected chi connectivity index (χ4v) is 1.40. The molecule has 0 atom stereocenters. The molecule has 0 radical (unpaired) electrons. The van der Waals surface area contributed by atoms with Crippen molar-refractivity contribution in [1.82, 2.24) is 4.98 Å². The number of aryl methyl sites for hydroxylation is 1. The molecule has 0 aromatic carbocycles. The minimum atomic E-state index is -0.180. The second kappa shape index (κ2) is 5.08. The number of pyridine rings is 1. The summed E-state index contributed by atoms with van der Waals surface area (Å²) < 4.78 is 13.3. The number of nitrogens with zero attached hydrogens (tertiary/aromatic N) is 1. The molecule has 0 bridgehead atoms. The highest BCUT2D eigenvalue weighted by Crippen LogP contribution is 2.16. The van der Waals surface area contributed by atoms with E-state index in [-0.39, 0.29) is 11.7 Å². The molecule has 0 saturated carbocycles. The Balaban J connectivity index is 2.83. The molecule has 0 aliphatic carbocycles. The van der Waals surface area contributed by atoms with E-state index in [0.717, 1.165) is 25.0 Å². The molecule has 1 nitrogen and oxygen atoms in total. The quantitative estimate of drug-likeness (QED) is 0.714. The van der Waals surface area contributed by atoms with Gasteiger partial charge in [-0.25, -0.2) is 4.39 Å². The van der Waals surface area contributed by atoms with Gasteiger partial charge in [-0.2, -0.15) is 0 Å². The average molecular weight is 195 g/mol. The number of unbranched alkanes of at least 4 members (excludes halogenated alkanes) is 1. The van der Waals surface area contributed by atoms with Crippen LogP contribution in [0.3, 0.4) is 0 Å². The van der Waals surface area contributed by atoms with Crippen molar-refractivity contribution in [3.63, 3.8) is 0 Å². The van der Waals surface area contributed by atoms with E-state index in [0.29, 0.717) is 5.69 Å². The van der Waals surface area contributed by atoms with Crippen LogP contribution >= 0.6 is 0 Å². The van der Waals surface area contributed by atoms with Gasteiger partial charge in [-0.15, -0.1) is 0 Å². The summed E-state index contributed by atoms with van der Waals surface area (Å²) in [6.45, 7) is 6.08. The van der Waals surface area contributed by atoms with Crippen molar-refractivity contribution in [2.45, 2.75) is 46.0 Å². The Kier molecular flexibility index (Phi) is 4.05. The Hall–Kier alpha value is -0.920. The first-order valence-electron chi connectivity index (χ1n) is 5.30. The molecule has 1 rings (SSSR count). The molecule has 78 valence electrons. The van der Waals surface area contributed by atoms with Crippen LogP contribution in [0.4, 0.5) is 4.39 Å². The summed E-state index contributed by atoms with van der Waals surface area (Å²) in [6, 6.07) is 3.32. The molecule has 1 aromatic rings. The van der Waals surface area contributed by atoms with E-state index >= 15 is 0 Å². The van der Waals surface area contributed by atoms with Gasteiger partial charge in [-0.3, -0.25) is 4.98 Å². The Morgan fingerprint density at radius 3 is 2.64 bits per heavy atom. The topological polar surface area (TPSA) is 12.9 Å². The number of aromatic nitrogens is 1. The highest BCUT2D eigenvalue weighted by atomic mass is 19.1. The van der Waals surface area contributed by atoms with Crippen molar-refractivity contribution in [3.8, 4) is 0 Å². The van der Waals surface area contributed by atoms with E-state index in [2.05, 4.69) is 11.9 Å². The van der Waals surface area contributed by atoms with Crippen LogP contribution in [0.2, 0.25) is 0 Å². The number of hydrogen-bond acceptors (Lipinski definition) is 1. The Bertz CT molecular complexity index is 294. The molecule has 0 saturated heterocycles. The van der Waals surface area contributed by atoms with Crippen molar-refractivity contribution in [2.75, 3.05) is 0 Å². The van der Waals surface area contributed by atoms with E-state index < -0.39 is 0 Å². The van der Waals surface area contributed by atoms with Crippen LogP contribution in [-0.2, 0) is 6.42 Å². The SMILES string of the molecule is CCCCc1ccc(F)c(C(C)C)n1. The van der Waals surface area contributed by atoms with Gasteiger partial charge >= 0.3 is 0 Å². The lowest BCUT2D eigenvalue weighted by Crippen LogP contribution is -2.01. The summed E-state index contributed by atoms with van der Waals surface area (Å²) in [7, 11) is 0. The minimum absolute atomic E-state index is 0.163. The fourth-order valence-electron chi connectivity index (χ4n) is 1.40. The van der Waals surface area contributed by atoms with Crippen LogP contribution in [0.25, 0.3) is 0 Å². The average Bonchev–Trinajstić information content (AvgIpc) is 2.16. The lowest BCUT2D eigenvalue weighted by atomic mass is 10.1. The van der Waals surface area contributed by atoms with Gasteiger partial charge in [0.05, 0.1) is 5.69 Å². The van der Waals surface area contributed by atoms with Crippen molar-refractivity contribution in [3.05, 3.63) is 29.3 Å². The Morgan fingerprint density at radius 1 is 1.36 bits per heavy atom. The lowest BCUT2D eigenvalue weighted by molar-refractivity contribution is 0.579. The Morgan fingerprint density at radius 2 is 2.07 bits per heavy atom. The predicted molar refractivity (Wildman–Crippen MR) is 56.9 cm³/mol. The second-order valence-electron chi connectivity index (χ2n) is 3.93. The van der Waals surface area contributed by atoms with Crippen molar-refractivity contribution in [1.29, 1.82) is 0 Å². The van der Waals surface area contributed by atoms with Crippen LogP contribution in [0.1, 0.15) is 50.9 Å². The van der Waals surface area contributed by atoms with Crippen LogP contribution < -0.4 is 0 Å². The van der Waals surface area contributed by atoms with Gasteiger partial charge in [0.1, 0.15) is 5.82 Å². The molecule has 0 aliphatic heterocycles. The molecule has 1 heterocycles. The summed E-state index contributed by atoms with van der Waals surface area (Å²) >= 11 is 0. The molecule has 0 unspecified atom stereocenters. The van der Waals surface area contributed by atoms with E-state index in [9.17, 15) is 4.39 Å². The van der Waals surface area contributed by atoms with Gasteiger partial charge < -0.3 is 0 Å².